The van der Waals surface area contributed by atoms with Gasteiger partial charge < -0.3 is 14.9 Å². The maximum atomic E-state index is 12.3. The summed E-state index contributed by atoms with van der Waals surface area (Å²) in [6.45, 7) is 4.11. The molecule has 0 saturated carbocycles. The van der Waals surface area contributed by atoms with Crippen LogP contribution in [0.2, 0.25) is 0 Å². The Balaban J connectivity index is 2.00. The van der Waals surface area contributed by atoms with Crippen LogP contribution < -0.4 is 9.92 Å². The van der Waals surface area contributed by atoms with Crippen molar-refractivity contribution in [1.82, 2.24) is 4.98 Å². The lowest BCUT2D eigenvalue weighted by Crippen LogP contribution is -2.17. The summed E-state index contributed by atoms with van der Waals surface area (Å²) < 4.78 is 29.9. The molecule has 0 aliphatic carbocycles. The van der Waals surface area contributed by atoms with Gasteiger partial charge in [0, 0.05) is 17.6 Å². The van der Waals surface area contributed by atoms with Crippen LogP contribution in [0.1, 0.15) is 57.9 Å². The highest BCUT2D eigenvalue weighted by molar-refractivity contribution is 7.87. The van der Waals surface area contributed by atoms with Crippen LogP contribution in [0, 0.1) is 0 Å². The Hall–Kier alpha value is -1.53. The van der Waals surface area contributed by atoms with Crippen LogP contribution in [0.25, 0.3) is 10.9 Å². The third-order valence-corrected chi connectivity index (χ3v) is 5.49. The molecule has 140 valence electrons. The average Bonchev–Trinajstić information content (AvgIpc) is 2.94. The SMILES string of the molecule is CCCCCCCCS(=O)(=O)Oc1cccc2c(C[C@@H](C)N)c[nH]c12. The number of rotatable bonds is 11. The molecule has 0 unspecified atom stereocenters. The van der Waals surface area contributed by atoms with E-state index in [1.165, 1.54) is 19.3 Å². The highest BCUT2D eigenvalue weighted by atomic mass is 32.2. The third-order valence-electron chi connectivity index (χ3n) is 4.27. The van der Waals surface area contributed by atoms with Crippen molar-refractivity contribution in [2.45, 2.75) is 64.8 Å². The molecule has 1 heterocycles. The monoisotopic (exact) mass is 366 g/mol. The average molecular weight is 367 g/mol. The number of nitrogens with two attached hydrogens (primary N) is 1. The number of hydrogen-bond donors (Lipinski definition) is 2. The molecule has 2 aromatic rings. The normalized spacial score (nSPS) is 13.2. The molecule has 25 heavy (non-hydrogen) atoms. The zero-order valence-electron chi connectivity index (χ0n) is 15.3. The van der Waals surface area contributed by atoms with Gasteiger partial charge >= 0.3 is 10.1 Å². The van der Waals surface area contributed by atoms with E-state index < -0.39 is 10.1 Å². The number of para-hydroxylation sites is 1. The Bertz CT molecular complexity index is 766. The second-order valence-corrected chi connectivity index (χ2v) is 8.48. The summed E-state index contributed by atoms with van der Waals surface area (Å²) in [4.78, 5) is 3.13. The molecular formula is C19H30N2O3S. The summed E-state index contributed by atoms with van der Waals surface area (Å²) in [7, 11) is -3.58. The molecule has 0 aliphatic rings. The van der Waals surface area contributed by atoms with Crippen LogP contribution in [0.4, 0.5) is 0 Å². The van der Waals surface area contributed by atoms with Crippen molar-refractivity contribution in [3.05, 3.63) is 30.0 Å². The minimum atomic E-state index is -3.58. The Kier molecular flexibility index (Phi) is 7.32. The van der Waals surface area contributed by atoms with E-state index in [1.54, 1.807) is 6.07 Å². The third kappa shape index (κ3) is 6.04. The molecule has 6 heteroatoms. The van der Waals surface area contributed by atoms with Crippen LogP contribution in [-0.4, -0.2) is 25.2 Å². The lowest BCUT2D eigenvalue weighted by Gasteiger charge is -2.09. The minimum absolute atomic E-state index is 0.0417. The van der Waals surface area contributed by atoms with E-state index in [2.05, 4.69) is 11.9 Å². The number of unbranched alkanes of at least 4 members (excludes halogenated alkanes) is 5. The molecule has 0 amide bonds. The van der Waals surface area contributed by atoms with Crippen molar-refractivity contribution in [1.29, 1.82) is 0 Å². The number of fused-ring (bicyclic) bond motifs is 1. The van der Waals surface area contributed by atoms with Gasteiger partial charge in [0.15, 0.2) is 5.75 Å². The Morgan fingerprint density at radius 1 is 1.16 bits per heavy atom. The number of hydrogen-bond acceptors (Lipinski definition) is 4. The van der Waals surface area contributed by atoms with Crippen molar-refractivity contribution in [2.75, 3.05) is 5.75 Å². The summed E-state index contributed by atoms with van der Waals surface area (Å²) in [6, 6.07) is 5.50. The summed E-state index contributed by atoms with van der Waals surface area (Å²) in [5.74, 6) is 0.419. The second kappa shape index (κ2) is 9.25. The first-order valence-electron chi connectivity index (χ1n) is 9.19. The smallest absolute Gasteiger partial charge is 0.309 e. The van der Waals surface area contributed by atoms with Gasteiger partial charge in [-0.2, -0.15) is 8.42 Å². The predicted octanol–water partition coefficient (Wildman–Crippen LogP) is 4.13. The van der Waals surface area contributed by atoms with Crippen molar-refractivity contribution in [3.63, 3.8) is 0 Å². The van der Waals surface area contributed by atoms with E-state index in [-0.39, 0.29) is 11.8 Å². The Morgan fingerprint density at radius 3 is 2.60 bits per heavy atom. The van der Waals surface area contributed by atoms with Gasteiger partial charge in [-0.15, -0.1) is 0 Å². The summed E-state index contributed by atoms with van der Waals surface area (Å²) in [5, 5.41) is 0.963. The fourth-order valence-electron chi connectivity index (χ4n) is 3.01. The fourth-order valence-corrected chi connectivity index (χ4v) is 4.06. The maximum absolute atomic E-state index is 12.3. The molecule has 0 spiro atoms. The van der Waals surface area contributed by atoms with Gasteiger partial charge in [0.25, 0.3) is 0 Å². The molecule has 1 aromatic heterocycles. The number of nitrogens with one attached hydrogen (secondary N) is 1. The van der Waals surface area contributed by atoms with Crippen molar-refractivity contribution in [2.24, 2.45) is 5.73 Å². The van der Waals surface area contributed by atoms with Crippen molar-refractivity contribution >= 4 is 21.0 Å². The lowest BCUT2D eigenvalue weighted by molar-refractivity contribution is 0.484. The van der Waals surface area contributed by atoms with E-state index in [4.69, 9.17) is 9.92 Å². The van der Waals surface area contributed by atoms with E-state index in [0.717, 1.165) is 30.2 Å². The van der Waals surface area contributed by atoms with E-state index in [0.29, 0.717) is 17.7 Å². The lowest BCUT2D eigenvalue weighted by atomic mass is 10.1. The maximum Gasteiger partial charge on any atom is 0.309 e. The highest BCUT2D eigenvalue weighted by Gasteiger charge is 2.16. The molecule has 5 nitrogen and oxygen atoms in total. The molecule has 1 aromatic carbocycles. The zero-order chi connectivity index (χ0) is 18.3. The summed E-state index contributed by atoms with van der Waals surface area (Å²) >= 11 is 0. The number of aromatic amines is 1. The molecule has 2 rings (SSSR count). The van der Waals surface area contributed by atoms with Gasteiger partial charge in [-0.1, -0.05) is 51.2 Å². The van der Waals surface area contributed by atoms with Crippen LogP contribution in [0.5, 0.6) is 5.75 Å². The number of benzene rings is 1. The van der Waals surface area contributed by atoms with Gasteiger partial charge in [0.2, 0.25) is 0 Å². The van der Waals surface area contributed by atoms with Crippen molar-refractivity contribution in [3.8, 4) is 5.75 Å². The molecule has 1 atom stereocenters. The van der Waals surface area contributed by atoms with Gasteiger partial charge in [-0.3, -0.25) is 0 Å². The van der Waals surface area contributed by atoms with Gasteiger partial charge in [0.05, 0.1) is 11.3 Å². The first-order valence-corrected chi connectivity index (χ1v) is 10.8. The first-order chi connectivity index (χ1) is 11.9. The van der Waals surface area contributed by atoms with Gasteiger partial charge in [-0.25, -0.2) is 0 Å². The van der Waals surface area contributed by atoms with E-state index >= 15 is 0 Å². The molecule has 0 radical (unpaired) electrons. The Morgan fingerprint density at radius 2 is 1.88 bits per heavy atom. The predicted molar refractivity (Wildman–Crippen MR) is 103 cm³/mol. The van der Waals surface area contributed by atoms with E-state index in [9.17, 15) is 8.42 Å². The standard InChI is InChI=1S/C19H30N2O3S/c1-3-4-5-6-7-8-12-25(22,23)24-18-11-9-10-17-16(13-15(2)20)14-21-19(17)18/h9-11,14-15,21H,3-8,12-13,20H2,1-2H3/t15-/m1/s1. The molecule has 0 fully saturated rings. The van der Waals surface area contributed by atoms with E-state index in [1.807, 2.05) is 25.3 Å². The van der Waals surface area contributed by atoms with Crippen LogP contribution in [-0.2, 0) is 16.5 Å². The largest absolute Gasteiger partial charge is 0.380 e. The topological polar surface area (TPSA) is 85.2 Å². The van der Waals surface area contributed by atoms with Gasteiger partial charge in [0.1, 0.15) is 0 Å². The minimum Gasteiger partial charge on any atom is -0.380 e. The van der Waals surface area contributed by atoms with Crippen LogP contribution >= 0.6 is 0 Å². The number of H-pyrrole nitrogens is 1. The number of aromatic nitrogens is 1. The first kappa shape index (κ1) is 19.8. The Labute approximate surface area is 151 Å². The second-order valence-electron chi connectivity index (χ2n) is 6.79. The molecule has 0 bridgehead atoms. The molecule has 3 N–H and O–H groups in total. The quantitative estimate of drug-likeness (QED) is 0.462. The zero-order valence-corrected chi connectivity index (χ0v) is 16.1. The summed E-state index contributed by atoms with van der Waals surface area (Å²) in [6.07, 6.45) is 8.82. The highest BCUT2D eigenvalue weighted by Crippen LogP contribution is 2.29. The summed E-state index contributed by atoms with van der Waals surface area (Å²) in [5.41, 5.74) is 7.66. The molecular weight excluding hydrogens is 336 g/mol. The fraction of sp³-hybridized carbons (Fsp3) is 0.579. The van der Waals surface area contributed by atoms with Gasteiger partial charge in [-0.05, 0) is 31.4 Å². The molecule has 0 saturated heterocycles. The van der Waals surface area contributed by atoms with Crippen molar-refractivity contribution < 1.29 is 12.6 Å². The molecule has 0 aliphatic heterocycles. The van der Waals surface area contributed by atoms with Crippen LogP contribution in [0.15, 0.2) is 24.4 Å². The van der Waals surface area contributed by atoms with Crippen LogP contribution in [0.3, 0.4) is 0 Å².